The van der Waals surface area contributed by atoms with Gasteiger partial charge in [-0.2, -0.15) is 0 Å². The molecule has 210 valence electrons. The van der Waals surface area contributed by atoms with Gasteiger partial charge in [0.05, 0.1) is 19.9 Å². The predicted molar refractivity (Wildman–Crippen MR) is 165 cm³/mol. The second-order valence-corrected chi connectivity index (χ2v) is 13.7. The molecule has 12 heteroatoms. The normalized spacial score (nSPS) is 21.5. The Hall–Kier alpha value is -2.14. The third-order valence-electron chi connectivity index (χ3n) is 8.09. The van der Waals surface area contributed by atoms with E-state index >= 15 is 0 Å². The van der Waals surface area contributed by atoms with Gasteiger partial charge in [0, 0.05) is 47.3 Å². The minimum atomic E-state index is -1.08. The molecule has 2 aromatic heterocycles. The molecule has 4 heterocycles. The van der Waals surface area contributed by atoms with Crippen LogP contribution in [0.15, 0.2) is 29.2 Å². The summed E-state index contributed by atoms with van der Waals surface area (Å²) < 4.78 is 0. The number of carbonyl (C=O) groups excluding carboxylic acids is 1. The number of carboxylic acid groups (broad SMARTS) is 1. The average Bonchev–Trinajstić information content (AvgIpc) is 3.64. The third kappa shape index (κ3) is 5.40. The first-order valence-corrected chi connectivity index (χ1v) is 16.0. The second-order valence-electron chi connectivity index (χ2n) is 10.6. The van der Waals surface area contributed by atoms with Crippen LogP contribution in [-0.2, 0) is 4.79 Å². The van der Waals surface area contributed by atoms with E-state index in [1.54, 1.807) is 0 Å². The Balaban J connectivity index is 1.26. The molecule has 40 heavy (non-hydrogen) atoms. The van der Waals surface area contributed by atoms with Crippen LogP contribution in [0.5, 0.6) is 0 Å². The van der Waals surface area contributed by atoms with E-state index in [1.165, 1.54) is 80.0 Å². The molecule has 7 nitrogen and oxygen atoms in total. The maximum absolute atomic E-state index is 13.2. The molecule has 2 atom stereocenters. The molecule has 2 unspecified atom stereocenters. The molecule has 1 aliphatic carbocycles. The zero-order valence-electron chi connectivity index (χ0n) is 21.6. The van der Waals surface area contributed by atoms with Gasteiger partial charge in [-0.15, -0.1) is 11.3 Å². The van der Waals surface area contributed by atoms with Gasteiger partial charge in [0.15, 0.2) is 5.13 Å². The summed E-state index contributed by atoms with van der Waals surface area (Å²) in [5.74, 6) is -0.837. The summed E-state index contributed by atoms with van der Waals surface area (Å²) >= 11 is 22.0. The highest BCUT2D eigenvalue weighted by atomic mass is 35.5. The molecule has 3 aliphatic rings. The first-order chi connectivity index (χ1) is 19.2. The van der Waals surface area contributed by atoms with Crippen LogP contribution in [0.3, 0.4) is 0 Å². The fourth-order valence-corrected chi connectivity index (χ4v) is 8.53. The number of nitrogens with one attached hydrogen (secondary N) is 1. The minimum absolute atomic E-state index is 0.0828. The Kier molecular flexibility index (Phi) is 7.89. The summed E-state index contributed by atoms with van der Waals surface area (Å²) in [5.41, 5.74) is 1.51. The number of fused-ring (bicyclic) bond motifs is 1. The van der Waals surface area contributed by atoms with Crippen LogP contribution in [-0.4, -0.2) is 58.6 Å². The predicted octanol–water partition coefficient (Wildman–Crippen LogP) is 7.64. The van der Waals surface area contributed by atoms with Gasteiger partial charge in [-0.3, -0.25) is 15.0 Å². The van der Waals surface area contributed by atoms with Crippen molar-refractivity contribution in [1.29, 1.82) is 0 Å². The van der Waals surface area contributed by atoms with Crippen molar-refractivity contribution < 1.29 is 14.7 Å². The smallest absolute Gasteiger partial charge is 0.331 e. The number of halogens is 3. The minimum Gasteiger partial charge on any atom is -0.478 e. The van der Waals surface area contributed by atoms with Crippen molar-refractivity contribution in [2.24, 2.45) is 5.92 Å². The fraction of sp³-hybridized carbons (Fsp3) is 0.393. The summed E-state index contributed by atoms with van der Waals surface area (Å²) in [5, 5.41) is 16.5. The van der Waals surface area contributed by atoms with Crippen molar-refractivity contribution >= 4 is 85.6 Å². The summed E-state index contributed by atoms with van der Waals surface area (Å²) in [4.78, 5) is 35.4. The van der Waals surface area contributed by atoms with Crippen LogP contribution in [0.4, 0.5) is 10.1 Å². The Bertz CT molecular complexity index is 1490. The summed E-state index contributed by atoms with van der Waals surface area (Å²) in [6.45, 7) is 4.58. The SMILES string of the molecule is C/C(=C\c1c(Cl)cc(C(=O)Nc2nc(-c3cc(Cl)cs3)c(N3CC4CCN(C5CCC5)C4C3)s2)cc1Cl)C(=O)O. The standard InChI is InChI=1S/C28H27Cl3N4O3S2/c1-14(27(37)38)7-19-20(30)8-16(9-21(19)31)25(36)33-28-32-24(23-10-17(29)13-39-23)26(40-28)34-11-15-5-6-35(22(15)12-34)18-3-2-4-18/h7-10,13,15,18,22H,2-6,11-12H2,1H3,(H,37,38)(H,32,33,36)/b14-7+. The van der Waals surface area contributed by atoms with E-state index in [4.69, 9.17) is 39.8 Å². The van der Waals surface area contributed by atoms with Gasteiger partial charge < -0.3 is 10.0 Å². The molecule has 2 N–H and O–H groups in total. The fourth-order valence-electron chi connectivity index (χ4n) is 5.81. The number of nitrogens with zero attached hydrogens (tertiary/aromatic N) is 3. The summed E-state index contributed by atoms with van der Waals surface area (Å²) in [6, 6.07) is 6.17. The number of thiazole rings is 1. The number of anilines is 2. The molecule has 3 aromatic rings. The first kappa shape index (κ1) is 28.0. The monoisotopic (exact) mass is 636 g/mol. The highest BCUT2D eigenvalue weighted by Crippen LogP contribution is 2.46. The first-order valence-electron chi connectivity index (χ1n) is 13.2. The van der Waals surface area contributed by atoms with Crippen LogP contribution in [0.25, 0.3) is 16.6 Å². The largest absolute Gasteiger partial charge is 0.478 e. The Labute approximate surface area is 255 Å². The van der Waals surface area contributed by atoms with E-state index in [-0.39, 0.29) is 21.2 Å². The number of hydrogen-bond donors (Lipinski definition) is 2. The molecule has 1 saturated carbocycles. The highest BCUT2D eigenvalue weighted by Gasteiger charge is 2.45. The lowest BCUT2D eigenvalue weighted by Crippen LogP contribution is -2.45. The number of carbonyl (C=O) groups is 2. The maximum Gasteiger partial charge on any atom is 0.331 e. The van der Waals surface area contributed by atoms with Crippen molar-refractivity contribution in [3.8, 4) is 10.6 Å². The zero-order chi connectivity index (χ0) is 28.1. The van der Waals surface area contributed by atoms with Crippen molar-refractivity contribution in [2.75, 3.05) is 29.9 Å². The molecule has 2 saturated heterocycles. The number of carboxylic acids is 1. The van der Waals surface area contributed by atoms with Gasteiger partial charge in [-0.25, -0.2) is 9.78 Å². The molecular weight excluding hydrogens is 611 g/mol. The van der Waals surface area contributed by atoms with Crippen LogP contribution in [0.2, 0.25) is 15.1 Å². The average molecular weight is 638 g/mol. The Morgan fingerprint density at radius 3 is 2.50 bits per heavy atom. The number of rotatable bonds is 7. The number of hydrogen-bond acceptors (Lipinski definition) is 7. The lowest BCUT2D eigenvalue weighted by molar-refractivity contribution is -0.132. The van der Waals surface area contributed by atoms with E-state index in [0.717, 1.165) is 34.7 Å². The topological polar surface area (TPSA) is 85.8 Å². The van der Waals surface area contributed by atoms with Crippen molar-refractivity contribution in [1.82, 2.24) is 9.88 Å². The highest BCUT2D eigenvalue weighted by molar-refractivity contribution is 7.21. The molecule has 2 aliphatic heterocycles. The van der Waals surface area contributed by atoms with Crippen molar-refractivity contribution in [3.63, 3.8) is 0 Å². The second kappa shape index (κ2) is 11.3. The summed E-state index contributed by atoms with van der Waals surface area (Å²) in [6.07, 6.45) is 6.56. The number of amides is 1. The summed E-state index contributed by atoms with van der Waals surface area (Å²) in [7, 11) is 0. The van der Waals surface area contributed by atoms with E-state index < -0.39 is 11.9 Å². The molecule has 1 amide bonds. The van der Waals surface area contributed by atoms with Gasteiger partial charge in [-0.1, -0.05) is 52.6 Å². The van der Waals surface area contributed by atoms with E-state index in [1.807, 2.05) is 11.4 Å². The van der Waals surface area contributed by atoms with Gasteiger partial charge >= 0.3 is 5.97 Å². The van der Waals surface area contributed by atoms with Crippen LogP contribution in [0.1, 0.15) is 48.5 Å². The van der Waals surface area contributed by atoms with E-state index in [0.29, 0.717) is 27.7 Å². The van der Waals surface area contributed by atoms with Gasteiger partial charge in [-0.05, 0) is 62.9 Å². The van der Waals surface area contributed by atoms with Crippen molar-refractivity contribution in [2.45, 2.75) is 44.7 Å². The molecular formula is C28H27Cl3N4O3S2. The molecule has 1 aromatic carbocycles. The number of benzene rings is 1. The zero-order valence-corrected chi connectivity index (χ0v) is 25.5. The number of aromatic nitrogens is 1. The van der Waals surface area contributed by atoms with Crippen LogP contribution >= 0.6 is 57.5 Å². The van der Waals surface area contributed by atoms with Gasteiger partial charge in [0.2, 0.25) is 0 Å². The maximum atomic E-state index is 13.2. The van der Waals surface area contributed by atoms with Gasteiger partial charge in [0.1, 0.15) is 10.7 Å². The number of likely N-dealkylation sites (tertiary alicyclic amines) is 1. The van der Waals surface area contributed by atoms with E-state index in [9.17, 15) is 14.7 Å². The van der Waals surface area contributed by atoms with Crippen LogP contribution < -0.4 is 10.2 Å². The van der Waals surface area contributed by atoms with Crippen LogP contribution in [0, 0.1) is 5.92 Å². The number of aliphatic carboxylic acids is 1. The lowest BCUT2D eigenvalue weighted by Gasteiger charge is -2.38. The Morgan fingerprint density at radius 1 is 1.12 bits per heavy atom. The molecule has 6 rings (SSSR count). The van der Waals surface area contributed by atoms with Crippen molar-refractivity contribution in [3.05, 3.63) is 55.3 Å². The lowest BCUT2D eigenvalue weighted by atomic mass is 9.90. The Morgan fingerprint density at radius 2 is 1.88 bits per heavy atom. The molecule has 0 radical (unpaired) electrons. The molecule has 3 fully saturated rings. The van der Waals surface area contributed by atoms with Gasteiger partial charge in [0.25, 0.3) is 5.91 Å². The molecule has 0 bridgehead atoms. The quantitative estimate of drug-likeness (QED) is 0.259. The molecule has 0 spiro atoms. The third-order valence-corrected chi connectivity index (χ3v) is 11.0. The van der Waals surface area contributed by atoms with E-state index in [2.05, 4.69) is 15.1 Å². The number of thiophene rings is 1.